The Labute approximate surface area is 592 Å². The second-order valence-electron chi connectivity index (χ2n) is 24.3. The lowest BCUT2D eigenvalue weighted by Gasteiger charge is -2.45. The van der Waals surface area contributed by atoms with Crippen LogP contribution in [0.3, 0.4) is 0 Å². The van der Waals surface area contributed by atoms with Crippen molar-refractivity contribution in [3.8, 4) is 0 Å². The molecule has 100 heavy (non-hydrogen) atoms. The number of rotatable bonds is 56. The monoisotopic (exact) mass is 1450 g/mol. The number of guanidine groups is 8. The predicted octanol–water partition coefficient (Wildman–Crippen LogP) is -9.49. The van der Waals surface area contributed by atoms with E-state index in [1.165, 1.54) is 0 Å². The molecule has 1 saturated heterocycles. The van der Waals surface area contributed by atoms with Gasteiger partial charge in [-0.25, -0.2) is 0 Å². The largest absolute Gasteiger partial charge is 0.370 e. The summed E-state index contributed by atoms with van der Waals surface area (Å²) in [4.78, 5) is 152. The summed E-state index contributed by atoms with van der Waals surface area (Å²) in [5.41, 5.74) is 119. The number of nitrogens with two attached hydrogens (primary N) is 20. The van der Waals surface area contributed by atoms with Gasteiger partial charge in [0.05, 0.1) is 72.5 Å². The van der Waals surface area contributed by atoms with E-state index in [-0.39, 0.29) is 203 Å². The zero-order valence-electron chi connectivity index (χ0n) is 57.3. The molecule has 0 spiro atoms. The van der Waals surface area contributed by atoms with Gasteiger partial charge in [-0.15, -0.1) is 0 Å². The van der Waals surface area contributed by atoms with Gasteiger partial charge >= 0.3 is 0 Å². The van der Waals surface area contributed by atoms with Crippen LogP contribution in [0.2, 0.25) is 0 Å². The van der Waals surface area contributed by atoms with Crippen molar-refractivity contribution in [3.05, 3.63) is 0 Å². The first-order valence-electron chi connectivity index (χ1n) is 33.1. The molecule has 42 heteroatoms. The molecule has 0 aromatic rings. The molecule has 0 radical (unpaired) electrons. The summed E-state index contributed by atoms with van der Waals surface area (Å²) >= 11 is 0. The van der Waals surface area contributed by atoms with Crippen LogP contribution < -0.4 is 136 Å². The highest BCUT2D eigenvalue weighted by Crippen LogP contribution is 2.54. The van der Waals surface area contributed by atoms with Gasteiger partial charge in [0.1, 0.15) is 25.1 Å². The Hall–Kier alpha value is -8.10. The summed E-state index contributed by atoms with van der Waals surface area (Å²) in [6.07, 6.45) is 0.852. The Bertz CT molecular complexity index is 2410. The highest BCUT2D eigenvalue weighted by molar-refractivity contribution is 8.77. The molecule has 4 unspecified atom stereocenters. The molecule has 40 nitrogen and oxygen atoms in total. The number of Topliss-reactive ketones (excluding diaryl/α,β-unsaturated/α-hetero) is 4. The minimum absolute atomic E-state index is 0.00520. The Morgan fingerprint density at radius 1 is 0.320 bits per heavy atom. The van der Waals surface area contributed by atoms with Crippen molar-refractivity contribution in [3.63, 3.8) is 0 Å². The molecular weight excluding hydrogens is 1340 g/mol. The fourth-order valence-electron chi connectivity index (χ4n) is 11.5. The molecule has 0 bridgehead atoms. The lowest BCUT2D eigenvalue weighted by atomic mass is 9.62. The Kier molecular flexibility index (Phi) is 45.2. The van der Waals surface area contributed by atoms with E-state index in [1.54, 1.807) is 6.92 Å². The number of nitrogens with one attached hydrogen (secondary N) is 4. The zero-order valence-corrected chi connectivity index (χ0v) is 58.9. The lowest BCUT2D eigenvalue weighted by Crippen LogP contribution is -2.64. The van der Waals surface area contributed by atoms with Gasteiger partial charge in [0, 0.05) is 62.9 Å². The van der Waals surface area contributed by atoms with Crippen LogP contribution in [0.1, 0.15) is 110 Å². The highest BCUT2D eigenvalue weighted by atomic mass is 33.1. The molecule has 0 aromatic carbocycles. The molecule has 0 aromatic heterocycles. The zero-order chi connectivity index (χ0) is 75.4. The average Bonchev–Trinajstić information content (AvgIpc) is 1.44. The topological polar surface area (TPSA) is 804 Å². The fourth-order valence-corrected chi connectivity index (χ4v) is 15.6. The van der Waals surface area contributed by atoms with Crippen LogP contribution in [0.4, 0.5) is 0 Å². The third-order valence-electron chi connectivity index (χ3n) is 16.3. The molecule has 12 atom stereocenters. The molecule has 1 fully saturated rings. The number of aldehydes is 4. The molecule has 1 rings (SSSR count). The number of carbonyl (C=O) groups excluding carboxylic acids is 8. The number of aliphatic imine (C=N–C) groups is 8. The van der Waals surface area contributed by atoms with Crippen LogP contribution >= 0.6 is 21.6 Å². The normalized spacial score (nSPS) is 18.4. The quantitative estimate of drug-likeness (QED) is 0.00511. The van der Waals surface area contributed by atoms with Crippen LogP contribution in [0, 0.1) is 29.6 Å². The van der Waals surface area contributed by atoms with Gasteiger partial charge in [-0.3, -0.25) is 80.4 Å². The molecule has 44 N–H and O–H groups in total. The van der Waals surface area contributed by atoms with Gasteiger partial charge in [0.15, 0.2) is 70.8 Å². The smallest absolute Gasteiger partial charge is 0.185 e. The van der Waals surface area contributed by atoms with Crippen molar-refractivity contribution >= 4 is 118 Å². The van der Waals surface area contributed by atoms with Crippen molar-refractivity contribution in [1.82, 2.24) is 21.3 Å². The number of nitrogens with zero attached hydrogens (tertiary/aromatic N) is 8. The second-order valence-corrected chi connectivity index (χ2v) is 26.9. The van der Waals surface area contributed by atoms with Crippen LogP contribution in [0.15, 0.2) is 39.9 Å². The third-order valence-corrected chi connectivity index (χ3v) is 19.7. The first kappa shape index (κ1) is 89.9. The SMILES string of the molecule is CC1C(C(C(=O)[C@@H](N)CCCN=C(N)N)C(=O)[C@@H](N)CCCN=C(N)N)C(C(N[C@@H](C=O)CCCN=C(N)N)N[C@@H](C=O)CCCN=C(N)N)SSC(C(N[C@@H](C=O)CCCN=C(N)N)N[C@@H](C=O)CCCN=C(N)N)C1C(C(=O)[C@@H](N)CCCN=C(N)N)C(=O)[C@@H](N)CCCN=C(N)N. The standard InChI is InChI=1S/C58H116N32O8S2/c1-30-39(41(43(95)35(59)14-6-22-83-55(71)72)44(96)36(60)15-7-23-84-56(73)74)47(49(87-31(26-91)10-2-18-79-51(63)64)88-32(27-92)11-3-19-80-52(65)66)99-100-48(50(89-33(28-93)12-4-20-81-53(67)68)90-34(29-94)13-5-21-82-54(69)70)40(30)42(45(97)37(61)16-8-24-85-57(75)76)46(98)38(62)17-9-25-86-58(77)78/h26-42,47-50,87-90H,2-25,59-62H2,1H3,(H4,63,64,79)(H4,65,66,80)(H4,67,68,81)(H4,69,70,82)(H4,71,72,83)(H4,73,74,84)(H4,75,76,85)(H4,77,78,86)/t30?,31-,32-,33-,34-,35+,36+,37+,38+,39?,40?,47?,48?/m1/s1. The minimum Gasteiger partial charge on any atom is -0.370 e. The molecule has 0 aliphatic carbocycles. The number of carbonyl (C=O) groups is 8. The van der Waals surface area contributed by atoms with Crippen LogP contribution in [-0.4, -0.2) is 219 Å². The number of hydrogen-bond acceptors (Lipinski definition) is 26. The summed E-state index contributed by atoms with van der Waals surface area (Å²) in [7, 11) is 2.06. The van der Waals surface area contributed by atoms with E-state index in [1.807, 2.05) is 0 Å². The predicted molar refractivity (Wildman–Crippen MR) is 397 cm³/mol. The maximum absolute atomic E-state index is 16.2. The van der Waals surface area contributed by atoms with Gasteiger partial charge in [0.2, 0.25) is 0 Å². The van der Waals surface area contributed by atoms with Crippen molar-refractivity contribution in [1.29, 1.82) is 0 Å². The molecule has 1 aliphatic heterocycles. The van der Waals surface area contributed by atoms with E-state index in [2.05, 4.69) is 61.2 Å². The molecule has 0 amide bonds. The van der Waals surface area contributed by atoms with Crippen LogP contribution in [0.5, 0.6) is 0 Å². The summed E-state index contributed by atoms with van der Waals surface area (Å²) in [5.74, 6) is -13.4. The molecule has 1 heterocycles. The Morgan fingerprint density at radius 2 is 0.490 bits per heavy atom. The van der Waals surface area contributed by atoms with Gasteiger partial charge < -0.3 is 134 Å². The van der Waals surface area contributed by atoms with E-state index >= 15 is 19.2 Å². The van der Waals surface area contributed by atoms with Crippen molar-refractivity contribution in [2.45, 2.75) is 181 Å². The van der Waals surface area contributed by atoms with Gasteiger partial charge in [-0.2, -0.15) is 0 Å². The van der Waals surface area contributed by atoms with Crippen LogP contribution in [-0.2, 0) is 38.4 Å². The molecule has 0 saturated carbocycles. The van der Waals surface area contributed by atoms with Gasteiger partial charge in [0.25, 0.3) is 0 Å². The van der Waals surface area contributed by atoms with Crippen molar-refractivity contribution in [2.24, 2.45) is 184 Å². The van der Waals surface area contributed by atoms with E-state index < -0.39 is 124 Å². The Balaban J connectivity index is 5.37. The summed E-state index contributed by atoms with van der Waals surface area (Å²) in [6, 6.07) is -10.4. The maximum atomic E-state index is 16.2. The molecule has 1 aliphatic rings. The fraction of sp³-hybridized carbons (Fsp3) is 0.724. The Morgan fingerprint density at radius 3 is 0.650 bits per heavy atom. The first-order valence-corrected chi connectivity index (χ1v) is 35.4. The number of ketones is 4. The van der Waals surface area contributed by atoms with Crippen LogP contribution in [0.25, 0.3) is 0 Å². The van der Waals surface area contributed by atoms with E-state index in [9.17, 15) is 19.2 Å². The summed E-state index contributed by atoms with van der Waals surface area (Å²) in [6.45, 7) is 1.93. The second kappa shape index (κ2) is 50.3. The van der Waals surface area contributed by atoms with Gasteiger partial charge in [-0.05, 0) is 120 Å². The first-order chi connectivity index (χ1) is 47.3. The number of hydrogen-bond donors (Lipinski definition) is 24. The summed E-state index contributed by atoms with van der Waals surface area (Å²) in [5, 5.41) is 11.0. The average molecular weight is 1450 g/mol. The van der Waals surface area contributed by atoms with E-state index in [0.29, 0.717) is 25.1 Å². The van der Waals surface area contributed by atoms with E-state index in [4.69, 9.17) is 115 Å². The lowest BCUT2D eigenvalue weighted by molar-refractivity contribution is -0.141. The van der Waals surface area contributed by atoms with Crippen molar-refractivity contribution < 1.29 is 38.4 Å². The summed E-state index contributed by atoms with van der Waals surface area (Å²) < 4.78 is 0. The maximum Gasteiger partial charge on any atom is 0.185 e. The van der Waals surface area contributed by atoms with Gasteiger partial charge in [-0.1, -0.05) is 28.5 Å². The minimum atomic E-state index is -1.91. The molecule has 568 valence electrons. The molecular formula is C58H116N32O8S2. The van der Waals surface area contributed by atoms with E-state index in [0.717, 1.165) is 21.6 Å². The third kappa shape index (κ3) is 35.8. The highest BCUT2D eigenvalue weighted by Gasteiger charge is 2.57. The van der Waals surface area contributed by atoms with Crippen molar-refractivity contribution in [2.75, 3.05) is 52.4 Å².